The molecule has 10 heteroatoms. The summed E-state index contributed by atoms with van der Waals surface area (Å²) in [5.41, 5.74) is -3.69. The quantitative estimate of drug-likeness (QED) is 0.717. The highest BCUT2D eigenvalue weighted by Crippen LogP contribution is 2.32. The van der Waals surface area contributed by atoms with E-state index in [4.69, 9.17) is 4.74 Å². The fourth-order valence-electron chi connectivity index (χ4n) is 1.96. The zero-order chi connectivity index (χ0) is 19.4. The molecule has 1 rings (SSSR count). The van der Waals surface area contributed by atoms with Crippen molar-refractivity contribution >= 4 is 23.5 Å². The van der Waals surface area contributed by atoms with Crippen LogP contribution in [0.25, 0.3) is 0 Å². The van der Waals surface area contributed by atoms with E-state index in [1.54, 1.807) is 0 Å². The number of carboxylic acids is 1. The van der Waals surface area contributed by atoms with Crippen LogP contribution in [0.3, 0.4) is 0 Å². The van der Waals surface area contributed by atoms with Crippen molar-refractivity contribution in [2.75, 3.05) is 19.0 Å². The number of methoxy groups -OCH3 is 1. The highest BCUT2D eigenvalue weighted by molar-refractivity contribution is 5.99. The molecule has 1 atom stereocenters. The number of carboxylic acid groups (broad SMARTS) is 1. The summed E-state index contributed by atoms with van der Waals surface area (Å²) in [6, 6.07) is 2.25. The number of anilines is 1. The Hall–Kier alpha value is -2.62. The number of benzene rings is 1. The minimum atomic E-state index is -4.76. The Balaban J connectivity index is 3.27. The molecule has 7 nitrogen and oxygen atoms in total. The van der Waals surface area contributed by atoms with Crippen molar-refractivity contribution in [3.05, 3.63) is 29.3 Å². The maximum Gasteiger partial charge on any atom is 0.416 e. The van der Waals surface area contributed by atoms with Crippen molar-refractivity contribution in [1.29, 1.82) is 0 Å². The molecular formula is C15H17F3N2O5. The van der Waals surface area contributed by atoms with E-state index in [-0.39, 0.29) is 5.69 Å². The number of hydrogen-bond donors (Lipinski definition) is 3. The van der Waals surface area contributed by atoms with Gasteiger partial charge in [0.2, 0.25) is 5.91 Å². The minimum absolute atomic E-state index is 0.240. The number of alkyl halides is 3. The summed E-state index contributed by atoms with van der Waals surface area (Å²) in [4.78, 5) is 34.6. The smallest absolute Gasteiger partial charge is 0.416 e. The van der Waals surface area contributed by atoms with Crippen molar-refractivity contribution in [3.8, 4) is 0 Å². The molecule has 138 valence electrons. The predicted molar refractivity (Wildman–Crippen MR) is 81.1 cm³/mol. The van der Waals surface area contributed by atoms with Crippen molar-refractivity contribution < 1.29 is 37.4 Å². The molecule has 0 saturated carbocycles. The van der Waals surface area contributed by atoms with Gasteiger partial charge >= 0.3 is 12.1 Å². The van der Waals surface area contributed by atoms with Crippen LogP contribution in [0.2, 0.25) is 0 Å². The highest BCUT2D eigenvalue weighted by Gasteiger charge is 2.36. The first-order valence-electron chi connectivity index (χ1n) is 6.94. The van der Waals surface area contributed by atoms with Crippen LogP contribution in [0, 0.1) is 0 Å². The van der Waals surface area contributed by atoms with Gasteiger partial charge in [-0.05, 0) is 25.1 Å². The average molecular weight is 362 g/mol. The molecule has 0 spiro atoms. The van der Waals surface area contributed by atoms with Gasteiger partial charge < -0.3 is 20.5 Å². The van der Waals surface area contributed by atoms with Gasteiger partial charge in [0.1, 0.15) is 0 Å². The number of hydrogen-bond acceptors (Lipinski definition) is 4. The summed E-state index contributed by atoms with van der Waals surface area (Å²) >= 11 is 0. The van der Waals surface area contributed by atoms with Gasteiger partial charge in [0.25, 0.3) is 5.91 Å². The predicted octanol–water partition coefficient (Wildman–Crippen LogP) is 1.88. The molecule has 0 saturated heterocycles. The van der Waals surface area contributed by atoms with Crippen molar-refractivity contribution in [2.45, 2.75) is 25.6 Å². The van der Waals surface area contributed by atoms with E-state index in [2.05, 4.69) is 10.6 Å². The Kier molecular flexibility index (Phi) is 6.14. The van der Waals surface area contributed by atoms with Gasteiger partial charge in [0, 0.05) is 25.3 Å². The lowest BCUT2D eigenvalue weighted by molar-refractivity contribution is -0.146. The van der Waals surface area contributed by atoms with Crippen LogP contribution in [0.5, 0.6) is 0 Å². The summed E-state index contributed by atoms with van der Waals surface area (Å²) in [5.74, 6) is -3.10. The standard InChI is InChI=1S/C15H17F3N2O5/c1-8(21)19-11-5-9(4-10(6-11)15(16,17)18)12(22)20-14(2,7-25-3)13(23)24/h4-6H,7H2,1-3H3,(H,19,21)(H,20,22)(H,23,24). The molecule has 1 aromatic rings. The lowest BCUT2D eigenvalue weighted by Crippen LogP contribution is -2.55. The number of carbonyl (C=O) groups excluding carboxylic acids is 2. The van der Waals surface area contributed by atoms with Gasteiger partial charge in [-0.2, -0.15) is 13.2 Å². The molecule has 0 heterocycles. The van der Waals surface area contributed by atoms with Gasteiger partial charge in [0.15, 0.2) is 5.54 Å². The van der Waals surface area contributed by atoms with Crippen LogP contribution in [0.15, 0.2) is 18.2 Å². The first-order chi connectivity index (χ1) is 11.4. The van der Waals surface area contributed by atoms with E-state index >= 15 is 0 Å². The third-order valence-corrected chi connectivity index (χ3v) is 3.14. The van der Waals surface area contributed by atoms with Crippen LogP contribution >= 0.6 is 0 Å². The Bertz CT molecular complexity index is 690. The Morgan fingerprint density at radius 2 is 1.80 bits per heavy atom. The van der Waals surface area contributed by atoms with Gasteiger partial charge in [-0.15, -0.1) is 0 Å². The largest absolute Gasteiger partial charge is 0.479 e. The van der Waals surface area contributed by atoms with Crippen molar-refractivity contribution in [2.24, 2.45) is 0 Å². The maximum absolute atomic E-state index is 13.0. The summed E-state index contributed by atoms with van der Waals surface area (Å²) < 4.78 is 43.7. The lowest BCUT2D eigenvalue weighted by atomic mass is 10.0. The van der Waals surface area contributed by atoms with Crippen LogP contribution in [-0.4, -0.2) is 42.1 Å². The molecule has 1 aromatic carbocycles. The number of rotatable bonds is 6. The molecule has 0 aliphatic rings. The number of nitrogens with one attached hydrogen (secondary N) is 2. The number of halogens is 3. The van der Waals surface area contributed by atoms with Gasteiger partial charge in [-0.1, -0.05) is 0 Å². The zero-order valence-corrected chi connectivity index (χ0v) is 13.7. The molecule has 0 aliphatic heterocycles. The number of carbonyl (C=O) groups is 3. The van der Waals surface area contributed by atoms with Crippen LogP contribution in [0.1, 0.15) is 29.8 Å². The molecule has 25 heavy (non-hydrogen) atoms. The number of amides is 2. The summed E-state index contributed by atoms with van der Waals surface area (Å²) in [7, 11) is 1.21. The molecular weight excluding hydrogens is 345 g/mol. The molecule has 1 unspecified atom stereocenters. The third kappa shape index (κ3) is 5.45. The van der Waals surface area contributed by atoms with Crippen LogP contribution < -0.4 is 10.6 Å². The zero-order valence-electron chi connectivity index (χ0n) is 13.7. The van der Waals surface area contributed by atoms with E-state index in [9.17, 15) is 32.7 Å². The fraction of sp³-hybridized carbons (Fsp3) is 0.400. The highest BCUT2D eigenvalue weighted by atomic mass is 19.4. The third-order valence-electron chi connectivity index (χ3n) is 3.14. The first-order valence-corrected chi connectivity index (χ1v) is 6.94. The average Bonchev–Trinajstić information content (AvgIpc) is 2.45. The maximum atomic E-state index is 13.0. The van der Waals surface area contributed by atoms with Crippen LogP contribution in [-0.2, 0) is 20.5 Å². The van der Waals surface area contributed by atoms with Gasteiger partial charge in [0.05, 0.1) is 12.2 Å². The van der Waals surface area contributed by atoms with E-state index in [0.29, 0.717) is 12.1 Å². The normalized spacial score (nSPS) is 13.7. The van der Waals surface area contributed by atoms with Gasteiger partial charge in [-0.3, -0.25) is 9.59 Å². The second kappa shape index (κ2) is 7.51. The summed E-state index contributed by atoms with van der Waals surface area (Å²) in [6.45, 7) is 1.85. The monoisotopic (exact) mass is 362 g/mol. The fourth-order valence-corrected chi connectivity index (χ4v) is 1.96. The molecule has 0 aliphatic carbocycles. The molecule has 3 N–H and O–H groups in total. The summed E-state index contributed by atoms with van der Waals surface area (Å²) in [6.07, 6.45) is -4.76. The van der Waals surface area contributed by atoms with E-state index in [0.717, 1.165) is 19.9 Å². The topological polar surface area (TPSA) is 105 Å². The van der Waals surface area contributed by atoms with Gasteiger partial charge in [-0.25, -0.2) is 4.79 Å². The molecule has 2 amide bonds. The van der Waals surface area contributed by atoms with E-state index in [1.807, 2.05) is 0 Å². The number of ether oxygens (including phenoxy) is 1. The van der Waals surface area contributed by atoms with E-state index in [1.165, 1.54) is 7.11 Å². The van der Waals surface area contributed by atoms with E-state index < -0.39 is 47.2 Å². The second-order valence-electron chi connectivity index (χ2n) is 5.50. The molecule has 0 radical (unpaired) electrons. The van der Waals surface area contributed by atoms with Crippen molar-refractivity contribution in [3.63, 3.8) is 0 Å². The Morgan fingerprint density at radius 3 is 2.24 bits per heavy atom. The Labute approximate surface area is 141 Å². The SMILES string of the molecule is COCC(C)(NC(=O)c1cc(NC(C)=O)cc(C(F)(F)F)c1)C(=O)O. The molecule has 0 aromatic heterocycles. The number of aliphatic carboxylic acids is 1. The lowest BCUT2D eigenvalue weighted by Gasteiger charge is -2.25. The van der Waals surface area contributed by atoms with Crippen molar-refractivity contribution in [1.82, 2.24) is 5.32 Å². The molecule has 0 bridgehead atoms. The minimum Gasteiger partial charge on any atom is -0.479 e. The second-order valence-corrected chi connectivity index (χ2v) is 5.50. The summed E-state index contributed by atoms with van der Waals surface area (Å²) in [5, 5.41) is 13.5. The Morgan fingerprint density at radius 1 is 1.20 bits per heavy atom. The first kappa shape index (κ1) is 20.4. The molecule has 0 fully saturated rings. The van der Waals surface area contributed by atoms with Crippen LogP contribution in [0.4, 0.5) is 18.9 Å².